The molecule has 1 fully saturated rings. The zero-order valence-electron chi connectivity index (χ0n) is 11.4. The molecule has 6 heteroatoms. The molecule has 1 N–H and O–H groups in total. The number of urea groups is 1. The van der Waals surface area contributed by atoms with Crippen LogP contribution in [0.25, 0.3) is 0 Å². The van der Waals surface area contributed by atoms with E-state index in [-0.39, 0.29) is 0 Å². The van der Waals surface area contributed by atoms with Crippen LogP contribution < -0.4 is 5.32 Å². The first-order valence-electron chi connectivity index (χ1n) is 6.31. The molecule has 0 radical (unpaired) electrons. The van der Waals surface area contributed by atoms with Gasteiger partial charge >= 0.3 is 12.0 Å². The van der Waals surface area contributed by atoms with E-state index in [2.05, 4.69) is 5.32 Å². The number of ether oxygens (including phenoxy) is 1. The molecule has 20 heavy (non-hydrogen) atoms. The lowest BCUT2D eigenvalue weighted by atomic mass is 10.1. The van der Waals surface area contributed by atoms with Crippen LogP contribution >= 0.6 is 0 Å². The standard InChI is InChI=1S/C14H16N2O4/c1-9-5-10(2)7-11(6-9)13(18)20-8-12(17)16-4-3-15-14(16)19/h5-7H,3-4,8H2,1-2H3,(H,15,19). The summed E-state index contributed by atoms with van der Waals surface area (Å²) in [6, 6.07) is 4.89. The second-order valence-electron chi connectivity index (χ2n) is 4.73. The van der Waals surface area contributed by atoms with Gasteiger partial charge in [0.1, 0.15) is 0 Å². The van der Waals surface area contributed by atoms with E-state index in [0.29, 0.717) is 18.7 Å². The summed E-state index contributed by atoms with van der Waals surface area (Å²) in [6.07, 6.45) is 0. The number of aryl methyl sites for hydroxylation is 2. The Morgan fingerprint density at radius 2 is 1.90 bits per heavy atom. The van der Waals surface area contributed by atoms with Crippen LogP contribution in [0.2, 0.25) is 0 Å². The van der Waals surface area contributed by atoms with Crippen LogP contribution in [-0.4, -0.2) is 42.5 Å². The molecule has 1 aliphatic heterocycles. The van der Waals surface area contributed by atoms with Gasteiger partial charge in [-0.25, -0.2) is 9.59 Å². The molecule has 1 aliphatic rings. The zero-order chi connectivity index (χ0) is 14.7. The second kappa shape index (κ2) is 5.73. The molecule has 1 heterocycles. The quantitative estimate of drug-likeness (QED) is 0.836. The van der Waals surface area contributed by atoms with Crippen molar-refractivity contribution in [2.75, 3.05) is 19.7 Å². The van der Waals surface area contributed by atoms with E-state index < -0.39 is 24.5 Å². The van der Waals surface area contributed by atoms with Crippen LogP contribution in [-0.2, 0) is 9.53 Å². The van der Waals surface area contributed by atoms with E-state index >= 15 is 0 Å². The highest BCUT2D eigenvalue weighted by Crippen LogP contribution is 2.10. The number of nitrogens with one attached hydrogen (secondary N) is 1. The van der Waals surface area contributed by atoms with E-state index in [4.69, 9.17) is 4.74 Å². The Balaban J connectivity index is 1.95. The number of rotatable bonds is 3. The molecule has 0 spiro atoms. The molecule has 0 unspecified atom stereocenters. The van der Waals surface area contributed by atoms with Gasteiger partial charge < -0.3 is 10.1 Å². The summed E-state index contributed by atoms with van der Waals surface area (Å²) < 4.78 is 4.95. The lowest BCUT2D eigenvalue weighted by Gasteiger charge is -2.12. The van der Waals surface area contributed by atoms with Gasteiger partial charge in [0.05, 0.1) is 5.56 Å². The molecular weight excluding hydrogens is 260 g/mol. The van der Waals surface area contributed by atoms with Crippen molar-refractivity contribution in [3.05, 3.63) is 34.9 Å². The summed E-state index contributed by atoms with van der Waals surface area (Å²) >= 11 is 0. The van der Waals surface area contributed by atoms with Crippen molar-refractivity contribution < 1.29 is 19.1 Å². The summed E-state index contributed by atoms with van der Waals surface area (Å²) in [5, 5.41) is 2.51. The molecule has 1 saturated heterocycles. The van der Waals surface area contributed by atoms with E-state index in [0.717, 1.165) is 16.0 Å². The monoisotopic (exact) mass is 276 g/mol. The highest BCUT2D eigenvalue weighted by molar-refractivity contribution is 5.98. The van der Waals surface area contributed by atoms with E-state index in [9.17, 15) is 14.4 Å². The minimum absolute atomic E-state index is 0.304. The topological polar surface area (TPSA) is 75.7 Å². The normalized spacial score (nSPS) is 14.1. The Labute approximate surface area is 116 Å². The fraction of sp³-hybridized carbons (Fsp3) is 0.357. The number of esters is 1. The second-order valence-corrected chi connectivity index (χ2v) is 4.73. The molecule has 0 saturated carbocycles. The first-order valence-corrected chi connectivity index (χ1v) is 6.31. The Bertz CT molecular complexity index is 548. The molecule has 0 bridgehead atoms. The zero-order valence-corrected chi connectivity index (χ0v) is 11.4. The fourth-order valence-electron chi connectivity index (χ4n) is 2.09. The summed E-state index contributed by atoms with van der Waals surface area (Å²) in [5.41, 5.74) is 2.30. The van der Waals surface area contributed by atoms with Crippen LogP contribution in [0.3, 0.4) is 0 Å². The van der Waals surface area contributed by atoms with Crippen LogP contribution in [0, 0.1) is 13.8 Å². The van der Waals surface area contributed by atoms with Crippen molar-refractivity contribution in [2.45, 2.75) is 13.8 Å². The minimum atomic E-state index is -0.565. The minimum Gasteiger partial charge on any atom is -0.452 e. The van der Waals surface area contributed by atoms with Gasteiger partial charge in [-0.2, -0.15) is 0 Å². The molecular formula is C14H16N2O4. The molecule has 1 aromatic rings. The summed E-state index contributed by atoms with van der Waals surface area (Å²) in [7, 11) is 0. The predicted molar refractivity (Wildman–Crippen MR) is 71.3 cm³/mol. The number of imide groups is 1. The number of carbonyl (C=O) groups is 3. The lowest BCUT2D eigenvalue weighted by molar-refractivity contribution is -0.130. The first kappa shape index (κ1) is 14.0. The summed E-state index contributed by atoms with van der Waals surface area (Å²) in [4.78, 5) is 35.9. The lowest BCUT2D eigenvalue weighted by Crippen LogP contribution is -2.37. The Kier molecular flexibility index (Phi) is 4.02. The van der Waals surface area contributed by atoms with Gasteiger partial charge in [0.15, 0.2) is 6.61 Å². The van der Waals surface area contributed by atoms with Crippen molar-refractivity contribution in [3.63, 3.8) is 0 Å². The third kappa shape index (κ3) is 3.14. The van der Waals surface area contributed by atoms with E-state index in [1.54, 1.807) is 12.1 Å². The highest BCUT2D eigenvalue weighted by atomic mass is 16.5. The first-order chi connectivity index (χ1) is 9.47. The third-order valence-corrected chi connectivity index (χ3v) is 2.94. The van der Waals surface area contributed by atoms with Gasteiger partial charge in [-0.05, 0) is 26.0 Å². The van der Waals surface area contributed by atoms with Gasteiger partial charge in [0.25, 0.3) is 5.91 Å². The number of amides is 3. The largest absolute Gasteiger partial charge is 0.452 e. The van der Waals surface area contributed by atoms with Gasteiger partial charge in [-0.15, -0.1) is 0 Å². The molecule has 0 aromatic heterocycles. The van der Waals surface area contributed by atoms with E-state index in [1.807, 2.05) is 19.9 Å². The van der Waals surface area contributed by atoms with Crippen molar-refractivity contribution in [1.82, 2.24) is 10.2 Å². The average molecular weight is 276 g/mol. The van der Waals surface area contributed by atoms with Gasteiger partial charge in [0, 0.05) is 13.1 Å². The SMILES string of the molecule is Cc1cc(C)cc(C(=O)OCC(=O)N2CCNC2=O)c1. The smallest absolute Gasteiger partial charge is 0.338 e. The molecule has 1 aromatic carbocycles. The fourth-order valence-corrected chi connectivity index (χ4v) is 2.09. The van der Waals surface area contributed by atoms with Crippen molar-refractivity contribution >= 4 is 17.9 Å². The Morgan fingerprint density at radius 1 is 1.25 bits per heavy atom. The number of hydrogen-bond donors (Lipinski definition) is 1. The average Bonchev–Trinajstić information content (AvgIpc) is 2.80. The molecule has 2 rings (SSSR count). The Hall–Kier alpha value is -2.37. The van der Waals surface area contributed by atoms with Gasteiger partial charge in [-0.3, -0.25) is 9.69 Å². The molecule has 106 valence electrons. The Morgan fingerprint density at radius 3 is 2.45 bits per heavy atom. The van der Waals surface area contributed by atoms with Crippen molar-refractivity contribution in [2.24, 2.45) is 0 Å². The third-order valence-electron chi connectivity index (χ3n) is 2.94. The van der Waals surface area contributed by atoms with Crippen LogP contribution in [0.15, 0.2) is 18.2 Å². The maximum atomic E-state index is 11.9. The number of hydrogen-bond acceptors (Lipinski definition) is 4. The van der Waals surface area contributed by atoms with Gasteiger partial charge in [0.2, 0.25) is 0 Å². The number of carbonyl (C=O) groups excluding carboxylic acids is 3. The van der Waals surface area contributed by atoms with Crippen LogP contribution in [0.1, 0.15) is 21.5 Å². The maximum Gasteiger partial charge on any atom is 0.338 e. The van der Waals surface area contributed by atoms with Crippen LogP contribution in [0.4, 0.5) is 4.79 Å². The maximum absolute atomic E-state index is 11.9. The van der Waals surface area contributed by atoms with Gasteiger partial charge in [-0.1, -0.05) is 17.2 Å². The van der Waals surface area contributed by atoms with E-state index in [1.165, 1.54) is 0 Å². The summed E-state index contributed by atoms with van der Waals surface area (Å²) in [6.45, 7) is 4.06. The van der Waals surface area contributed by atoms with Crippen molar-refractivity contribution in [3.8, 4) is 0 Å². The number of benzene rings is 1. The number of nitrogens with zero attached hydrogens (tertiary/aromatic N) is 1. The molecule has 3 amide bonds. The molecule has 0 aliphatic carbocycles. The highest BCUT2D eigenvalue weighted by Gasteiger charge is 2.26. The summed E-state index contributed by atoms with van der Waals surface area (Å²) in [5.74, 6) is -1.08. The molecule has 6 nitrogen and oxygen atoms in total. The molecule has 0 atom stereocenters. The van der Waals surface area contributed by atoms with Crippen molar-refractivity contribution in [1.29, 1.82) is 0 Å². The van der Waals surface area contributed by atoms with Crippen LogP contribution in [0.5, 0.6) is 0 Å². The predicted octanol–water partition coefficient (Wildman–Crippen LogP) is 1.01.